The van der Waals surface area contributed by atoms with Crippen molar-refractivity contribution in [1.82, 2.24) is 19.6 Å². The van der Waals surface area contributed by atoms with E-state index in [1.807, 2.05) is 0 Å². The molecule has 2 aromatic heterocycles. The monoisotopic (exact) mass is 565 g/mol. The highest BCUT2D eigenvalue weighted by Gasteiger charge is 2.33. The van der Waals surface area contributed by atoms with Crippen LogP contribution in [0.2, 0.25) is 10.0 Å². The van der Waals surface area contributed by atoms with E-state index in [4.69, 9.17) is 23.2 Å². The van der Waals surface area contributed by atoms with Crippen LogP contribution in [-0.4, -0.2) is 29.6 Å². The Morgan fingerprint density at radius 2 is 1.23 bits per heavy atom. The van der Waals surface area contributed by atoms with Crippen LogP contribution in [0, 0.1) is 24.0 Å². The summed E-state index contributed by atoms with van der Waals surface area (Å²) in [5, 5.41) is 29.5. The number of nitrogens with one attached hydrogen (secondary N) is 2. The number of aryl methyl sites for hydroxylation is 2. The zero-order valence-corrected chi connectivity index (χ0v) is 22.1. The first-order valence-corrected chi connectivity index (χ1v) is 12.4. The van der Waals surface area contributed by atoms with Crippen LogP contribution in [0.1, 0.15) is 34.0 Å². The molecule has 0 aliphatic rings. The van der Waals surface area contributed by atoms with Gasteiger partial charge in [0, 0.05) is 39.1 Å². The number of phenolic OH excluding ortho intramolecular Hbond substituents is 1. The summed E-state index contributed by atoms with van der Waals surface area (Å²) in [4.78, 5) is 38.8. The van der Waals surface area contributed by atoms with Crippen molar-refractivity contribution in [2.75, 3.05) is 0 Å². The van der Waals surface area contributed by atoms with Gasteiger partial charge in [-0.3, -0.25) is 29.9 Å². The van der Waals surface area contributed by atoms with Gasteiger partial charge in [-0.1, -0.05) is 23.2 Å². The molecule has 0 radical (unpaired) electrons. The number of halogens is 2. The number of non-ortho nitro benzene ring substituents is 1. The molecule has 0 saturated carbocycles. The fourth-order valence-electron chi connectivity index (χ4n) is 4.69. The minimum Gasteiger partial charge on any atom is -0.508 e. The van der Waals surface area contributed by atoms with Crippen LogP contribution in [0.15, 0.2) is 76.3 Å². The number of benzene rings is 3. The van der Waals surface area contributed by atoms with E-state index in [-0.39, 0.29) is 28.1 Å². The van der Waals surface area contributed by atoms with E-state index in [1.165, 1.54) is 21.5 Å². The highest BCUT2D eigenvalue weighted by Crippen LogP contribution is 2.38. The zero-order valence-electron chi connectivity index (χ0n) is 20.6. The molecule has 5 aromatic rings. The molecule has 12 heteroatoms. The number of H-pyrrole nitrogens is 2. The Morgan fingerprint density at radius 1 is 0.795 bits per heavy atom. The van der Waals surface area contributed by atoms with Crippen LogP contribution in [0.5, 0.6) is 5.75 Å². The second-order valence-corrected chi connectivity index (χ2v) is 9.84. The first-order chi connectivity index (χ1) is 18.6. The van der Waals surface area contributed by atoms with Crippen LogP contribution in [-0.2, 0) is 0 Å². The third kappa shape index (κ3) is 4.64. The molecule has 3 aromatic carbocycles. The summed E-state index contributed by atoms with van der Waals surface area (Å²) in [6.07, 6.45) is 0. The van der Waals surface area contributed by atoms with Crippen molar-refractivity contribution >= 4 is 28.9 Å². The highest BCUT2D eigenvalue weighted by molar-refractivity contribution is 6.30. The van der Waals surface area contributed by atoms with Crippen molar-refractivity contribution < 1.29 is 10.0 Å². The molecule has 0 fully saturated rings. The molecule has 0 amide bonds. The molecular formula is C27H21Cl2N5O5. The number of aromatic nitrogens is 4. The Hall–Kier alpha value is -4.54. The molecule has 2 heterocycles. The van der Waals surface area contributed by atoms with Gasteiger partial charge in [0.2, 0.25) is 0 Å². The largest absolute Gasteiger partial charge is 0.508 e. The van der Waals surface area contributed by atoms with E-state index < -0.39 is 22.0 Å². The van der Waals surface area contributed by atoms with Crippen molar-refractivity contribution in [1.29, 1.82) is 0 Å². The molecule has 0 bridgehead atoms. The summed E-state index contributed by atoms with van der Waals surface area (Å²) < 4.78 is 2.59. The molecule has 0 atom stereocenters. The molecule has 10 nitrogen and oxygen atoms in total. The minimum absolute atomic E-state index is 0.0362. The molecule has 0 unspecified atom stereocenters. The predicted molar refractivity (Wildman–Crippen MR) is 148 cm³/mol. The maximum Gasteiger partial charge on any atom is 0.275 e. The lowest BCUT2D eigenvalue weighted by Gasteiger charge is -2.17. The fraction of sp³-hybridized carbons (Fsp3) is 0.111. The quantitative estimate of drug-likeness (QED) is 0.188. The summed E-state index contributed by atoms with van der Waals surface area (Å²) in [5.41, 5.74) is 0.821. The second-order valence-electron chi connectivity index (χ2n) is 8.97. The lowest BCUT2D eigenvalue weighted by atomic mass is 9.84. The standard InChI is InChI=1S/C27H21Cl2N5O5/c1-14-23(26(36)32(30-14)18-7-3-16(28)4-8-18)25(21-13-20(34(38)39)11-12-22(21)35)24-15(2)31-33(27(24)37)19-9-5-17(29)6-10-19/h3-13,25,30-31,35H,1-2H3. The predicted octanol–water partition coefficient (Wildman–Crippen LogP) is 5.36. The van der Waals surface area contributed by atoms with Gasteiger partial charge in [0.1, 0.15) is 5.75 Å². The second kappa shape index (κ2) is 9.97. The first-order valence-electron chi connectivity index (χ1n) is 11.7. The lowest BCUT2D eigenvalue weighted by Crippen LogP contribution is -2.25. The van der Waals surface area contributed by atoms with E-state index in [0.717, 1.165) is 6.07 Å². The van der Waals surface area contributed by atoms with Crippen LogP contribution in [0.4, 0.5) is 5.69 Å². The van der Waals surface area contributed by atoms with Crippen molar-refractivity contribution in [3.63, 3.8) is 0 Å². The van der Waals surface area contributed by atoms with Gasteiger partial charge in [0.25, 0.3) is 16.8 Å². The number of nitrogens with zero attached hydrogens (tertiary/aromatic N) is 3. The average molecular weight is 566 g/mol. The first kappa shape index (κ1) is 26.1. The minimum atomic E-state index is -1.15. The number of nitro benzene ring substituents is 1. The Bertz CT molecular complexity index is 1730. The van der Waals surface area contributed by atoms with Crippen molar-refractivity contribution in [2.45, 2.75) is 19.8 Å². The van der Waals surface area contributed by atoms with E-state index >= 15 is 0 Å². The third-order valence-electron chi connectivity index (χ3n) is 6.51. The summed E-state index contributed by atoms with van der Waals surface area (Å²) in [5.74, 6) is -1.46. The highest BCUT2D eigenvalue weighted by atomic mass is 35.5. The third-order valence-corrected chi connectivity index (χ3v) is 7.02. The SMILES string of the molecule is Cc1[nH]n(-c2ccc(Cl)cc2)c(=O)c1C(c1cc([N+](=O)[O-])ccc1O)c1c(C)[nH]n(-c2ccc(Cl)cc2)c1=O. The number of hydrogen-bond acceptors (Lipinski definition) is 5. The number of rotatable bonds is 6. The van der Waals surface area contributed by atoms with Gasteiger partial charge in [0.15, 0.2) is 0 Å². The Morgan fingerprint density at radius 3 is 1.64 bits per heavy atom. The van der Waals surface area contributed by atoms with Crippen molar-refractivity contribution in [3.8, 4) is 17.1 Å². The van der Waals surface area contributed by atoms with Crippen LogP contribution in [0.3, 0.4) is 0 Å². The number of phenols is 1. The molecule has 39 heavy (non-hydrogen) atoms. The molecule has 0 aliphatic heterocycles. The topological polar surface area (TPSA) is 139 Å². The van der Waals surface area contributed by atoms with E-state index in [2.05, 4.69) is 10.2 Å². The maximum absolute atomic E-state index is 13.9. The molecular weight excluding hydrogens is 545 g/mol. The van der Waals surface area contributed by atoms with Gasteiger partial charge in [-0.05, 0) is 68.4 Å². The van der Waals surface area contributed by atoms with E-state index in [1.54, 1.807) is 62.4 Å². The van der Waals surface area contributed by atoms with Gasteiger partial charge in [-0.2, -0.15) is 0 Å². The smallest absolute Gasteiger partial charge is 0.275 e. The van der Waals surface area contributed by atoms with Gasteiger partial charge in [0.05, 0.1) is 33.3 Å². The van der Waals surface area contributed by atoms with Gasteiger partial charge in [-0.25, -0.2) is 9.36 Å². The van der Waals surface area contributed by atoms with Crippen LogP contribution < -0.4 is 11.1 Å². The number of hydrogen-bond donors (Lipinski definition) is 3. The summed E-state index contributed by atoms with van der Waals surface area (Å²) >= 11 is 12.0. The summed E-state index contributed by atoms with van der Waals surface area (Å²) in [6.45, 7) is 3.31. The van der Waals surface area contributed by atoms with Crippen LogP contribution >= 0.6 is 23.2 Å². The maximum atomic E-state index is 13.9. The van der Waals surface area contributed by atoms with Gasteiger partial charge in [-0.15, -0.1) is 0 Å². The summed E-state index contributed by atoms with van der Waals surface area (Å²) in [7, 11) is 0. The normalized spacial score (nSPS) is 11.3. The summed E-state index contributed by atoms with van der Waals surface area (Å²) in [6, 6.07) is 16.6. The Kier molecular flexibility index (Phi) is 6.67. The van der Waals surface area contributed by atoms with E-state index in [0.29, 0.717) is 32.8 Å². The number of aromatic hydroxyl groups is 1. The molecule has 3 N–H and O–H groups in total. The molecule has 0 aliphatic carbocycles. The van der Waals surface area contributed by atoms with Gasteiger partial charge < -0.3 is 5.11 Å². The zero-order chi connectivity index (χ0) is 28.0. The van der Waals surface area contributed by atoms with E-state index in [9.17, 15) is 24.8 Å². The van der Waals surface area contributed by atoms with Gasteiger partial charge >= 0.3 is 0 Å². The molecule has 5 rings (SSSR count). The lowest BCUT2D eigenvalue weighted by molar-refractivity contribution is -0.384. The average Bonchev–Trinajstić information content (AvgIpc) is 3.36. The molecule has 0 spiro atoms. The van der Waals surface area contributed by atoms with Crippen molar-refractivity contribution in [2.24, 2.45) is 0 Å². The van der Waals surface area contributed by atoms with Crippen molar-refractivity contribution in [3.05, 3.63) is 136 Å². The van der Waals surface area contributed by atoms with Crippen LogP contribution in [0.25, 0.3) is 11.4 Å². The number of aromatic amines is 2. The molecule has 0 saturated heterocycles. The number of nitro groups is 1. The fourth-order valence-corrected chi connectivity index (χ4v) is 4.94. The Labute approximate surface area is 230 Å². The molecule has 198 valence electrons. The Balaban J connectivity index is 1.81.